The lowest BCUT2D eigenvalue weighted by Gasteiger charge is -2.24. The standard InChI is InChI=1S/C22H24BrN5O2/c1-16-12-18(23)5-6-19(16)28-15-20(25-26-28)22(30)7-3-10-27(11-8-22)21(29)13-17-4-2-9-24-14-17/h2,4-6,9,12,14-15,30H,3,7-8,10-11,13H2,1H3. The van der Waals surface area contributed by atoms with Crippen LogP contribution >= 0.6 is 15.9 Å². The summed E-state index contributed by atoms with van der Waals surface area (Å²) in [4.78, 5) is 18.6. The average molecular weight is 470 g/mol. The molecule has 1 atom stereocenters. The Morgan fingerprint density at radius 1 is 1.27 bits per heavy atom. The lowest BCUT2D eigenvalue weighted by atomic mass is 9.92. The maximum absolute atomic E-state index is 12.7. The first-order valence-electron chi connectivity index (χ1n) is 10.0. The summed E-state index contributed by atoms with van der Waals surface area (Å²) in [5, 5.41) is 19.8. The second-order valence-electron chi connectivity index (χ2n) is 7.78. The molecule has 1 amide bonds. The van der Waals surface area contributed by atoms with Gasteiger partial charge in [0.1, 0.15) is 11.3 Å². The van der Waals surface area contributed by atoms with Gasteiger partial charge in [-0.25, -0.2) is 4.68 Å². The molecule has 0 bridgehead atoms. The number of pyridine rings is 1. The maximum atomic E-state index is 12.7. The van der Waals surface area contributed by atoms with Crippen molar-refractivity contribution in [3.8, 4) is 5.69 Å². The van der Waals surface area contributed by atoms with Gasteiger partial charge in [-0.2, -0.15) is 0 Å². The smallest absolute Gasteiger partial charge is 0.227 e. The monoisotopic (exact) mass is 469 g/mol. The summed E-state index contributed by atoms with van der Waals surface area (Å²) in [5.74, 6) is 0.0568. The van der Waals surface area contributed by atoms with Crippen LogP contribution in [0, 0.1) is 6.92 Å². The molecular formula is C22H24BrN5O2. The van der Waals surface area contributed by atoms with Gasteiger partial charge in [-0.15, -0.1) is 5.10 Å². The predicted molar refractivity (Wildman–Crippen MR) is 116 cm³/mol. The summed E-state index contributed by atoms with van der Waals surface area (Å²) in [6.07, 6.45) is 7.22. The van der Waals surface area contributed by atoms with Gasteiger partial charge in [0.2, 0.25) is 5.91 Å². The third-order valence-electron chi connectivity index (χ3n) is 5.62. The zero-order valence-electron chi connectivity index (χ0n) is 16.8. The zero-order valence-corrected chi connectivity index (χ0v) is 18.4. The third-order valence-corrected chi connectivity index (χ3v) is 6.11. The van der Waals surface area contributed by atoms with Gasteiger partial charge in [-0.3, -0.25) is 9.78 Å². The van der Waals surface area contributed by atoms with E-state index < -0.39 is 5.60 Å². The topological polar surface area (TPSA) is 84.1 Å². The van der Waals surface area contributed by atoms with E-state index in [1.807, 2.05) is 42.2 Å². The minimum Gasteiger partial charge on any atom is -0.383 e. The second kappa shape index (κ2) is 8.65. The zero-order chi connectivity index (χ0) is 21.1. The molecule has 1 aromatic carbocycles. The number of carbonyl (C=O) groups excluding carboxylic acids is 1. The number of likely N-dealkylation sites (tertiary alicyclic amines) is 1. The van der Waals surface area contributed by atoms with E-state index in [9.17, 15) is 9.90 Å². The van der Waals surface area contributed by atoms with Crippen molar-refractivity contribution >= 4 is 21.8 Å². The lowest BCUT2D eigenvalue weighted by Crippen LogP contribution is -2.34. The van der Waals surface area contributed by atoms with Crippen molar-refractivity contribution in [2.24, 2.45) is 0 Å². The quantitative estimate of drug-likeness (QED) is 0.634. The van der Waals surface area contributed by atoms with Crippen LogP contribution in [0.5, 0.6) is 0 Å². The Morgan fingerprint density at radius 2 is 2.13 bits per heavy atom. The fraction of sp³-hybridized carbons (Fsp3) is 0.364. The van der Waals surface area contributed by atoms with Gasteiger partial charge in [0.15, 0.2) is 0 Å². The highest BCUT2D eigenvalue weighted by Gasteiger charge is 2.35. The summed E-state index contributed by atoms with van der Waals surface area (Å²) < 4.78 is 2.70. The van der Waals surface area contributed by atoms with Crippen molar-refractivity contribution < 1.29 is 9.90 Å². The number of carbonyl (C=O) groups is 1. The highest BCUT2D eigenvalue weighted by molar-refractivity contribution is 9.10. The molecule has 156 valence electrons. The van der Waals surface area contributed by atoms with Crippen LogP contribution in [-0.2, 0) is 16.8 Å². The molecule has 2 aromatic heterocycles. The maximum Gasteiger partial charge on any atom is 0.227 e. The highest BCUT2D eigenvalue weighted by Crippen LogP contribution is 2.32. The Kier molecular flexibility index (Phi) is 5.97. The molecule has 3 aromatic rings. The van der Waals surface area contributed by atoms with Crippen molar-refractivity contribution in [2.45, 2.75) is 38.2 Å². The van der Waals surface area contributed by atoms with Crippen LogP contribution in [0.2, 0.25) is 0 Å². The first kappa shape index (κ1) is 20.7. The Hall–Kier alpha value is -2.58. The molecule has 0 spiro atoms. The largest absolute Gasteiger partial charge is 0.383 e. The first-order chi connectivity index (χ1) is 14.4. The summed E-state index contributed by atoms with van der Waals surface area (Å²) in [6, 6.07) is 9.67. The number of amides is 1. The molecule has 1 N–H and O–H groups in total. The third kappa shape index (κ3) is 4.44. The van der Waals surface area contributed by atoms with E-state index in [0.717, 1.165) is 21.3 Å². The molecule has 0 aliphatic carbocycles. The number of nitrogens with zero attached hydrogens (tertiary/aromatic N) is 5. The Bertz CT molecular complexity index is 1040. The Labute approximate surface area is 183 Å². The molecule has 0 saturated carbocycles. The van der Waals surface area contributed by atoms with E-state index in [4.69, 9.17) is 0 Å². The number of hydrogen-bond acceptors (Lipinski definition) is 5. The number of aryl methyl sites for hydroxylation is 1. The molecule has 3 heterocycles. The van der Waals surface area contributed by atoms with Gasteiger partial charge in [0, 0.05) is 30.0 Å². The number of rotatable bonds is 4. The normalized spacial score (nSPS) is 19.5. The number of halogens is 1. The predicted octanol–water partition coefficient (Wildman–Crippen LogP) is 3.18. The summed E-state index contributed by atoms with van der Waals surface area (Å²) in [6.45, 7) is 3.12. The number of benzene rings is 1. The lowest BCUT2D eigenvalue weighted by molar-refractivity contribution is -0.130. The summed E-state index contributed by atoms with van der Waals surface area (Å²) in [5.41, 5.74) is 2.33. The van der Waals surface area contributed by atoms with Gasteiger partial charge >= 0.3 is 0 Å². The molecule has 8 heteroatoms. The van der Waals surface area contributed by atoms with Gasteiger partial charge in [-0.05, 0) is 61.6 Å². The van der Waals surface area contributed by atoms with Gasteiger partial charge < -0.3 is 10.0 Å². The van der Waals surface area contributed by atoms with Crippen molar-refractivity contribution in [1.29, 1.82) is 0 Å². The highest BCUT2D eigenvalue weighted by atomic mass is 79.9. The van der Waals surface area contributed by atoms with Gasteiger partial charge in [-0.1, -0.05) is 27.2 Å². The van der Waals surface area contributed by atoms with E-state index in [-0.39, 0.29) is 5.91 Å². The number of aliphatic hydroxyl groups is 1. The number of hydrogen-bond donors (Lipinski definition) is 1. The second-order valence-corrected chi connectivity index (χ2v) is 8.70. The van der Waals surface area contributed by atoms with Crippen molar-refractivity contribution in [3.05, 3.63) is 70.2 Å². The van der Waals surface area contributed by atoms with E-state index in [1.165, 1.54) is 0 Å². The van der Waals surface area contributed by atoms with Crippen LogP contribution < -0.4 is 0 Å². The minimum atomic E-state index is -1.09. The Balaban J connectivity index is 1.47. The SMILES string of the molecule is Cc1cc(Br)ccc1-n1cc(C2(O)CCCN(C(=O)Cc3cccnc3)CC2)nn1. The van der Waals surface area contributed by atoms with Crippen molar-refractivity contribution in [3.63, 3.8) is 0 Å². The molecular weight excluding hydrogens is 446 g/mol. The van der Waals surface area contributed by atoms with Crippen LogP contribution in [0.3, 0.4) is 0 Å². The average Bonchev–Trinajstić information content (AvgIpc) is 3.13. The van der Waals surface area contributed by atoms with Crippen molar-refractivity contribution in [1.82, 2.24) is 24.9 Å². The van der Waals surface area contributed by atoms with E-state index >= 15 is 0 Å². The van der Waals surface area contributed by atoms with Gasteiger partial charge in [0.25, 0.3) is 0 Å². The molecule has 1 aliphatic heterocycles. The molecule has 0 radical (unpaired) electrons. The van der Waals surface area contributed by atoms with Crippen molar-refractivity contribution in [2.75, 3.05) is 13.1 Å². The van der Waals surface area contributed by atoms with E-state index in [1.54, 1.807) is 23.3 Å². The van der Waals surface area contributed by atoms with E-state index in [0.29, 0.717) is 44.5 Å². The van der Waals surface area contributed by atoms with Crippen LogP contribution in [0.15, 0.2) is 53.4 Å². The molecule has 1 fully saturated rings. The van der Waals surface area contributed by atoms with Crippen LogP contribution in [0.25, 0.3) is 5.69 Å². The minimum absolute atomic E-state index is 0.0568. The van der Waals surface area contributed by atoms with Gasteiger partial charge in [0.05, 0.1) is 18.3 Å². The molecule has 1 saturated heterocycles. The Morgan fingerprint density at radius 3 is 2.90 bits per heavy atom. The number of aromatic nitrogens is 4. The van der Waals surface area contributed by atoms with Crippen LogP contribution in [0.1, 0.15) is 36.1 Å². The summed E-state index contributed by atoms with van der Waals surface area (Å²) >= 11 is 3.47. The van der Waals surface area contributed by atoms with E-state index in [2.05, 4.69) is 31.2 Å². The van der Waals surface area contributed by atoms with Crippen LogP contribution in [0.4, 0.5) is 0 Å². The molecule has 7 nitrogen and oxygen atoms in total. The summed E-state index contributed by atoms with van der Waals surface area (Å²) in [7, 11) is 0. The molecule has 30 heavy (non-hydrogen) atoms. The first-order valence-corrected chi connectivity index (χ1v) is 10.8. The fourth-order valence-electron chi connectivity index (χ4n) is 3.88. The van der Waals surface area contributed by atoms with Crippen LogP contribution in [-0.4, -0.2) is 49.0 Å². The molecule has 1 unspecified atom stereocenters. The molecule has 4 rings (SSSR count). The fourth-order valence-corrected chi connectivity index (χ4v) is 4.36. The molecule has 1 aliphatic rings.